The predicted molar refractivity (Wildman–Crippen MR) is 91.8 cm³/mol. The van der Waals surface area contributed by atoms with E-state index in [1.807, 2.05) is 6.92 Å². The lowest BCUT2D eigenvalue weighted by Crippen LogP contribution is -2.66. The number of cyclic esters (lactones) is 1. The first-order chi connectivity index (χ1) is 11.7. The summed E-state index contributed by atoms with van der Waals surface area (Å²) in [7, 11) is 0. The Morgan fingerprint density at radius 2 is 1.92 bits per heavy atom. The zero-order chi connectivity index (χ0) is 18.1. The molecule has 0 aromatic heterocycles. The van der Waals surface area contributed by atoms with Crippen molar-refractivity contribution in [2.24, 2.45) is 22.7 Å². The summed E-state index contributed by atoms with van der Waals surface area (Å²) in [5.41, 5.74) is -1.33. The van der Waals surface area contributed by atoms with Crippen LogP contribution in [0.3, 0.4) is 0 Å². The van der Waals surface area contributed by atoms with Gasteiger partial charge in [0.05, 0.1) is 24.7 Å². The molecule has 4 aliphatic rings. The number of aliphatic hydroxyl groups is 2. The van der Waals surface area contributed by atoms with Crippen LogP contribution in [0.4, 0.5) is 0 Å². The van der Waals surface area contributed by atoms with Gasteiger partial charge in [-0.05, 0) is 50.4 Å². The summed E-state index contributed by atoms with van der Waals surface area (Å²) >= 11 is 0. The largest absolute Gasteiger partial charge is 0.463 e. The Balaban J connectivity index is 1.74. The van der Waals surface area contributed by atoms with Crippen LogP contribution in [0.25, 0.3) is 0 Å². The lowest BCUT2D eigenvalue weighted by atomic mass is 9.43. The van der Waals surface area contributed by atoms with Crippen LogP contribution in [-0.4, -0.2) is 46.7 Å². The monoisotopic (exact) mass is 352 g/mol. The molecule has 4 fully saturated rings. The highest BCUT2D eigenvalue weighted by Crippen LogP contribution is 2.68. The number of hydrogen-bond donors (Lipinski definition) is 2. The molecule has 5 nitrogen and oxygen atoms in total. The summed E-state index contributed by atoms with van der Waals surface area (Å²) in [5, 5.41) is 20.8. The molecule has 5 heteroatoms. The van der Waals surface area contributed by atoms with E-state index in [0.29, 0.717) is 25.4 Å². The second kappa shape index (κ2) is 5.43. The van der Waals surface area contributed by atoms with Crippen molar-refractivity contribution in [2.75, 3.05) is 13.2 Å². The maximum absolute atomic E-state index is 11.7. The summed E-state index contributed by atoms with van der Waals surface area (Å²) in [6.45, 7) is 7.01. The first-order valence-electron chi connectivity index (χ1n) is 9.86. The molecule has 2 heterocycles. The van der Waals surface area contributed by atoms with Crippen LogP contribution in [0, 0.1) is 22.7 Å². The molecular formula is C20H32O5. The maximum atomic E-state index is 11.7. The van der Waals surface area contributed by atoms with Crippen molar-refractivity contribution in [3.63, 3.8) is 0 Å². The van der Waals surface area contributed by atoms with E-state index in [-0.39, 0.29) is 29.5 Å². The second-order valence-electron chi connectivity index (χ2n) is 9.68. The smallest absolute Gasteiger partial charge is 0.308 e. The maximum Gasteiger partial charge on any atom is 0.308 e. The lowest BCUT2D eigenvalue weighted by molar-refractivity contribution is -0.266. The van der Waals surface area contributed by atoms with Crippen molar-refractivity contribution in [2.45, 2.75) is 83.0 Å². The fraction of sp³-hybridized carbons (Fsp3) is 0.950. The number of fused-ring (bicyclic) bond motifs is 2. The van der Waals surface area contributed by atoms with E-state index in [2.05, 4.69) is 13.8 Å². The van der Waals surface area contributed by atoms with E-state index >= 15 is 0 Å². The molecule has 0 radical (unpaired) electrons. The molecular weight excluding hydrogens is 320 g/mol. The van der Waals surface area contributed by atoms with Crippen molar-refractivity contribution in [1.29, 1.82) is 0 Å². The van der Waals surface area contributed by atoms with Gasteiger partial charge in [0.2, 0.25) is 0 Å². The van der Waals surface area contributed by atoms with Gasteiger partial charge in [0.1, 0.15) is 12.2 Å². The van der Waals surface area contributed by atoms with Gasteiger partial charge in [0, 0.05) is 10.8 Å². The minimum absolute atomic E-state index is 0.00558. The van der Waals surface area contributed by atoms with Gasteiger partial charge < -0.3 is 19.7 Å². The van der Waals surface area contributed by atoms with Gasteiger partial charge in [0.15, 0.2) is 0 Å². The molecule has 0 aromatic rings. The van der Waals surface area contributed by atoms with E-state index in [1.165, 1.54) is 0 Å². The number of esters is 1. The Hall–Kier alpha value is -0.650. The molecule has 7 atom stereocenters. The minimum Gasteiger partial charge on any atom is -0.463 e. The highest BCUT2D eigenvalue weighted by Gasteiger charge is 2.69. The molecule has 2 aliphatic carbocycles. The van der Waals surface area contributed by atoms with E-state index < -0.39 is 17.1 Å². The third kappa shape index (κ3) is 2.15. The molecule has 25 heavy (non-hydrogen) atoms. The van der Waals surface area contributed by atoms with Crippen LogP contribution in [0.5, 0.6) is 0 Å². The van der Waals surface area contributed by atoms with E-state index in [0.717, 1.165) is 32.1 Å². The summed E-state index contributed by atoms with van der Waals surface area (Å²) in [4.78, 5) is 11.7. The zero-order valence-electron chi connectivity index (χ0n) is 15.7. The van der Waals surface area contributed by atoms with Crippen LogP contribution >= 0.6 is 0 Å². The van der Waals surface area contributed by atoms with Gasteiger partial charge >= 0.3 is 5.97 Å². The average molecular weight is 352 g/mol. The van der Waals surface area contributed by atoms with Crippen molar-refractivity contribution in [3.05, 3.63) is 0 Å². The Labute approximate surface area is 150 Å². The van der Waals surface area contributed by atoms with Crippen LogP contribution < -0.4 is 0 Å². The van der Waals surface area contributed by atoms with Crippen molar-refractivity contribution < 1.29 is 24.5 Å². The Kier molecular flexibility index (Phi) is 3.85. The lowest BCUT2D eigenvalue weighted by Gasteiger charge is -2.65. The minimum atomic E-state index is -0.485. The number of aliphatic hydroxyl groups excluding tert-OH is 2. The normalized spacial score (nSPS) is 55.6. The van der Waals surface area contributed by atoms with Crippen molar-refractivity contribution >= 4 is 5.97 Å². The van der Waals surface area contributed by atoms with E-state index in [4.69, 9.17) is 9.47 Å². The third-order valence-corrected chi connectivity index (χ3v) is 8.57. The van der Waals surface area contributed by atoms with Crippen LogP contribution in [-0.2, 0) is 14.3 Å². The molecule has 4 rings (SSSR count). The highest BCUT2D eigenvalue weighted by atomic mass is 16.6. The molecule has 142 valence electrons. The second-order valence-corrected chi connectivity index (χ2v) is 9.68. The third-order valence-electron chi connectivity index (χ3n) is 8.57. The first-order valence-corrected chi connectivity index (χ1v) is 9.86. The molecule has 0 aromatic carbocycles. The number of carbonyl (C=O) groups excluding carboxylic acids is 1. The van der Waals surface area contributed by atoms with Crippen LogP contribution in [0.1, 0.15) is 65.7 Å². The molecule has 0 bridgehead atoms. The molecule has 2 saturated heterocycles. The van der Waals surface area contributed by atoms with E-state index in [1.54, 1.807) is 0 Å². The molecule has 2 spiro atoms. The quantitative estimate of drug-likeness (QED) is 0.709. The standard InChI is InChI=1S/C20H32O5/c1-13-4-5-14-17(2,11-21)15(22)6-7-18(14,3)20(13)9-8-19(25-20)10-16(23)24-12-19/h13-15,21-22H,4-12H2,1-3H3/t13-,14+,15+,17+,18+,19+,20-/m1/s1. The predicted octanol–water partition coefficient (Wildman–Crippen LogP) is 2.43. The van der Waals surface area contributed by atoms with Crippen LogP contribution in [0.2, 0.25) is 0 Å². The Bertz CT molecular complexity index is 578. The van der Waals surface area contributed by atoms with Gasteiger partial charge in [-0.15, -0.1) is 0 Å². The topological polar surface area (TPSA) is 76.0 Å². The number of ether oxygens (including phenoxy) is 2. The summed E-state index contributed by atoms with van der Waals surface area (Å²) in [6.07, 6.45) is 5.36. The molecule has 2 N–H and O–H groups in total. The van der Waals surface area contributed by atoms with Gasteiger partial charge in [-0.2, -0.15) is 0 Å². The fourth-order valence-electron chi connectivity index (χ4n) is 6.94. The van der Waals surface area contributed by atoms with Gasteiger partial charge in [0.25, 0.3) is 0 Å². The zero-order valence-corrected chi connectivity index (χ0v) is 15.7. The van der Waals surface area contributed by atoms with Gasteiger partial charge in [-0.1, -0.05) is 20.8 Å². The summed E-state index contributed by atoms with van der Waals surface area (Å²) in [6, 6.07) is 0. The Morgan fingerprint density at radius 1 is 1.16 bits per heavy atom. The number of hydrogen-bond acceptors (Lipinski definition) is 5. The Morgan fingerprint density at radius 3 is 2.56 bits per heavy atom. The summed E-state index contributed by atoms with van der Waals surface area (Å²) in [5.74, 6) is 0.474. The molecule has 2 saturated carbocycles. The van der Waals surface area contributed by atoms with Gasteiger partial charge in [-0.3, -0.25) is 4.79 Å². The van der Waals surface area contributed by atoms with E-state index in [9.17, 15) is 15.0 Å². The summed E-state index contributed by atoms with van der Waals surface area (Å²) < 4.78 is 12.1. The molecule has 2 aliphatic heterocycles. The number of carbonyl (C=O) groups is 1. The van der Waals surface area contributed by atoms with Gasteiger partial charge in [-0.25, -0.2) is 0 Å². The first kappa shape index (κ1) is 17.7. The van der Waals surface area contributed by atoms with Crippen molar-refractivity contribution in [1.82, 2.24) is 0 Å². The highest BCUT2D eigenvalue weighted by molar-refractivity contribution is 5.73. The number of rotatable bonds is 1. The van der Waals surface area contributed by atoms with Crippen LogP contribution in [0.15, 0.2) is 0 Å². The molecule has 0 unspecified atom stereocenters. The molecule has 0 amide bonds. The SMILES string of the molecule is C[C@@H]1CC[C@H]2[C@](C)(CO)[C@@H](O)CC[C@]2(C)[C@@]12CC[C@]1(COC(=O)C1)O2. The van der Waals surface area contributed by atoms with Crippen molar-refractivity contribution in [3.8, 4) is 0 Å². The fourth-order valence-corrected chi connectivity index (χ4v) is 6.94. The average Bonchev–Trinajstić information content (AvgIpc) is 3.14.